The Bertz CT molecular complexity index is 1400. The van der Waals surface area contributed by atoms with Crippen molar-refractivity contribution in [1.82, 2.24) is 9.80 Å². The summed E-state index contributed by atoms with van der Waals surface area (Å²) in [5.74, 6) is -0.290. The number of hydrogen-bond acceptors (Lipinski definition) is 5. The van der Waals surface area contributed by atoms with E-state index in [-0.39, 0.29) is 17.8 Å². The van der Waals surface area contributed by atoms with Crippen molar-refractivity contribution in [1.29, 1.82) is 5.26 Å². The van der Waals surface area contributed by atoms with E-state index in [9.17, 15) is 9.18 Å². The largest absolute Gasteiger partial charge is 0.371 e. The number of hydrogen-bond donors (Lipinski definition) is 0. The predicted molar refractivity (Wildman–Crippen MR) is 192 cm³/mol. The van der Waals surface area contributed by atoms with Crippen molar-refractivity contribution in [2.45, 2.75) is 93.2 Å². The molecule has 1 atom stereocenters. The second kappa shape index (κ2) is 20.2. The Hall–Kier alpha value is -4.02. The van der Waals surface area contributed by atoms with Gasteiger partial charge in [-0.2, -0.15) is 5.26 Å². The molecule has 1 amide bonds. The first-order valence-corrected chi connectivity index (χ1v) is 16.2. The molecule has 1 aromatic carbocycles. The summed E-state index contributed by atoms with van der Waals surface area (Å²) in [6.45, 7) is 23.4. The molecule has 1 fully saturated rings. The molecule has 1 aliphatic heterocycles. The van der Waals surface area contributed by atoms with Gasteiger partial charge in [-0.15, -0.1) is 0 Å². The second-order valence-corrected chi connectivity index (χ2v) is 11.9. The Labute approximate surface area is 278 Å². The van der Waals surface area contributed by atoms with E-state index in [4.69, 9.17) is 10.00 Å². The number of halogens is 1. The van der Waals surface area contributed by atoms with Crippen LogP contribution in [0.1, 0.15) is 87.1 Å². The average molecular weight is 631 g/mol. The van der Waals surface area contributed by atoms with E-state index in [1.807, 2.05) is 69.0 Å². The molecule has 1 heterocycles. The van der Waals surface area contributed by atoms with Crippen LogP contribution in [0.4, 0.5) is 4.39 Å². The monoisotopic (exact) mass is 630 g/mol. The smallest absolute Gasteiger partial charge is 0.254 e. The number of allylic oxidation sites excluding steroid dienone is 10. The Morgan fingerprint density at radius 2 is 1.89 bits per heavy atom. The highest BCUT2D eigenvalue weighted by molar-refractivity contribution is 6.12. The number of nitriles is 1. The summed E-state index contributed by atoms with van der Waals surface area (Å²) in [4.78, 5) is 21.5. The first-order chi connectivity index (χ1) is 21.8. The quantitative estimate of drug-likeness (QED) is 0.131. The fourth-order valence-electron chi connectivity index (χ4n) is 5.28. The number of carbonyl (C=O) groups is 1. The molecule has 0 spiro atoms. The summed E-state index contributed by atoms with van der Waals surface area (Å²) >= 11 is 0. The van der Waals surface area contributed by atoms with E-state index in [1.165, 1.54) is 17.8 Å². The van der Waals surface area contributed by atoms with E-state index in [2.05, 4.69) is 43.3 Å². The van der Waals surface area contributed by atoms with Crippen LogP contribution in [0, 0.1) is 17.1 Å². The zero-order valence-corrected chi connectivity index (χ0v) is 29.8. The highest BCUT2D eigenvalue weighted by Crippen LogP contribution is 2.31. The van der Waals surface area contributed by atoms with Crippen LogP contribution in [-0.2, 0) is 9.53 Å². The van der Waals surface area contributed by atoms with Gasteiger partial charge in [-0.05, 0) is 85.1 Å². The summed E-state index contributed by atoms with van der Waals surface area (Å²) in [6.07, 6.45) is 14.4. The van der Waals surface area contributed by atoms with Crippen LogP contribution in [0.5, 0.6) is 0 Å². The van der Waals surface area contributed by atoms with Crippen molar-refractivity contribution in [2.75, 3.05) is 26.7 Å². The first kappa shape index (κ1) is 40.0. The van der Waals surface area contributed by atoms with Crippen LogP contribution in [0.15, 0.2) is 94.8 Å². The van der Waals surface area contributed by atoms with Gasteiger partial charge in [0.15, 0.2) is 0 Å². The van der Waals surface area contributed by atoms with Gasteiger partial charge in [0, 0.05) is 61.5 Å². The van der Waals surface area contributed by atoms with Gasteiger partial charge in [0.2, 0.25) is 0 Å². The van der Waals surface area contributed by atoms with Gasteiger partial charge >= 0.3 is 0 Å². The maximum Gasteiger partial charge on any atom is 0.254 e. The van der Waals surface area contributed by atoms with Crippen LogP contribution >= 0.6 is 0 Å². The van der Waals surface area contributed by atoms with Crippen LogP contribution in [0.3, 0.4) is 0 Å². The van der Waals surface area contributed by atoms with E-state index in [0.717, 1.165) is 47.4 Å². The zero-order chi connectivity index (χ0) is 34.9. The van der Waals surface area contributed by atoms with Crippen molar-refractivity contribution < 1.29 is 13.9 Å². The van der Waals surface area contributed by atoms with Gasteiger partial charge in [0.25, 0.3) is 5.91 Å². The lowest BCUT2D eigenvalue weighted by atomic mass is 9.92. The van der Waals surface area contributed by atoms with Crippen molar-refractivity contribution in [3.8, 4) is 6.07 Å². The zero-order valence-electron chi connectivity index (χ0n) is 29.8. The minimum Gasteiger partial charge on any atom is -0.371 e. The van der Waals surface area contributed by atoms with Crippen molar-refractivity contribution in [3.63, 3.8) is 0 Å². The molecule has 0 aliphatic carbocycles. The molecular formula is C39H55FN4O2. The summed E-state index contributed by atoms with van der Waals surface area (Å²) in [5.41, 5.74) is 5.10. The summed E-state index contributed by atoms with van der Waals surface area (Å²) in [5, 5.41) is 8.85. The van der Waals surface area contributed by atoms with Crippen LogP contribution in [0.2, 0.25) is 0 Å². The molecule has 0 bridgehead atoms. The lowest BCUT2D eigenvalue weighted by molar-refractivity contribution is -0.155. The lowest BCUT2D eigenvalue weighted by Crippen LogP contribution is -2.58. The predicted octanol–water partition coefficient (Wildman–Crippen LogP) is 9.21. The third-order valence-electron chi connectivity index (χ3n) is 7.94. The highest BCUT2D eigenvalue weighted by Gasteiger charge is 2.37. The molecule has 2 rings (SSSR count). The molecule has 6 nitrogen and oxygen atoms in total. The van der Waals surface area contributed by atoms with Gasteiger partial charge in [0.05, 0.1) is 11.6 Å². The second-order valence-electron chi connectivity index (χ2n) is 11.9. The normalized spacial score (nSPS) is 17.3. The molecule has 250 valence electrons. The number of aliphatic imine (C=N–C) groups is 1. The fourth-order valence-corrected chi connectivity index (χ4v) is 5.28. The van der Waals surface area contributed by atoms with Crippen molar-refractivity contribution in [2.24, 2.45) is 4.99 Å². The maximum absolute atomic E-state index is 14.7. The summed E-state index contributed by atoms with van der Waals surface area (Å²) in [7, 11) is 1.56. The van der Waals surface area contributed by atoms with Crippen molar-refractivity contribution >= 4 is 17.2 Å². The lowest BCUT2D eigenvalue weighted by Gasteiger charge is -2.44. The number of benzene rings is 1. The molecule has 46 heavy (non-hydrogen) atoms. The fraction of sp³-hybridized carbons (Fsp3) is 0.462. The van der Waals surface area contributed by atoms with Gasteiger partial charge in [-0.3, -0.25) is 9.79 Å². The van der Waals surface area contributed by atoms with Gasteiger partial charge in [-0.25, -0.2) is 4.39 Å². The standard InChI is InChI=1S/C26H36FN3O2.C13H19N/c1-9-21(22-13-11-12-14-23(22)27)24(19(4)28-10-2)20(5)29-15-16-30(18(3)17-29)25(31)26(6,7)32-8;1-4-6-7-9-13(11-14)10-12(3)8-5-2/h9-14,18H,2,15-17H2,1,3-8H3;6-7,9-10H,4-5,8H2,1-3H3/b21-9-,24-20-,28-19?;7-6+,12-10+,13-9+. The molecule has 0 N–H and O–H groups in total. The molecule has 0 radical (unpaired) electrons. The number of nitrogens with zero attached hydrogens (tertiary/aromatic N) is 4. The minimum atomic E-state index is -0.858. The number of piperazine rings is 1. The van der Waals surface area contributed by atoms with E-state index in [1.54, 1.807) is 33.1 Å². The molecule has 0 aromatic heterocycles. The number of amides is 1. The Kier molecular flexibility index (Phi) is 17.5. The number of methoxy groups -OCH3 is 1. The minimum absolute atomic E-state index is 0.000965. The summed E-state index contributed by atoms with van der Waals surface area (Å²) < 4.78 is 20.1. The Balaban J connectivity index is 0.000000636. The Morgan fingerprint density at radius 1 is 1.22 bits per heavy atom. The maximum atomic E-state index is 14.7. The first-order valence-electron chi connectivity index (χ1n) is 16.2. The van der Waals surface area contributed by atoms with Crippen molar-refractivity contribution in [3.05, 3.63) is 101 Å². The summed E-state index contributed by atoms with van der Waals surface area (Å²) in [6, 6.07) is 8.95. The number of carbonyl (C=O) groups excluding carboxylic acids is 1. The molecule has 1 aromatic rings. The van der Waals surface area contributed by atoms with Gasteiger partial charge in [0.1, 0.15) is 11.4 Å². The van der Waals surface area contributed by atoms with Crippen LogP contribution in [-0.4, -0.2) is 59.8 Å². The third-order valence-corrected chi connectivity index (χ3v) is 7.94. The number of rotatable bonds is 12. The topological polar surface area (TPSA) is 68.9 Å². The highest BCUT2D eigenvalue weighted by atomic mass is 19.1. The van der Waals surface area contributed by atoms with Gasteiger partial charge in [-0.1, -0.05) is 68.8 Å². The molecule has 0 saturated carbocycles. The number of ether oxygens (including phenoxy) is 1. The van der Waals surface area contributed by atoms with E-state index >= 15 is 0 Å². The van der Waals surface area contributed by atoms with Crippen LogP contribution in [0.25, 0.3) is 5.57 Å². The SMILES string of the molecule is C=CN=C(C)C(/C(=C\C)c1ccccc1F)=C(\C)N1CCN(C(=O)C(C)(C)OC)C(C)C1.CC/C=C/C=C(C#N)\C=C(/C)CCC. The van der Waals surface area contributed by atoms with E-state index < -0.39 is 5.60 Å². The molecule has 1 unspecified atom stereocenters. The average Bonchev–Trinajstić information content (AvgIpc) is 3.03. The molecule has 7 heteroatoms. The van der Waals surface area contributed by atoms with Crippen LogP contribution < -0.4 is 0 Å². The molecule has 1 saturated heterocycles. The molecule has 1 aliphatic rings. The Morgan fingerprint density at radius 3 is 2.41 bits per heavy atom. The van der Waals surface area contributed by atoms with Gasteiger partial charge < -0.3 is 14.5 Å². The van der Waals surface area contributed by atoms with E-state index in [0.29, 0.717) is 25.2 Å². The third kappa shape index (κ3) is 11.7. The molecular weight excluding hydrogens is 575 g/mol.